The van der Waals surface area contributed by atoms with Crippen molar-refractivity contribution in [3.05, 3.63) is 23.8 Å². The molecule has 0 saturated carbocycles. The Morgan fingerprint density at radius 3 is 2.89 bits per heavy atom. The van der Waals surface area contributed by atoms with Crippen LogP contribution in [0.2, 0.25) is 0 Å². The molecule has 0 fully saturated rings. The number of halogens is 1. The summed E-state index contributed by atoms with van der Waals surface area (Å²) in [5.74, 6) is 0.274. The van der Waals surface area contributed by atoms with Crippen LogP contribution in [0.25, 0.3) is 0 Å². The molecule has 4 heteroatoms. The smallest absolute Gasteiger partial charge is 0.231 e. The van der Waals surface area contributed by atoms with Gasteiger partial charge in [-0.05, 0) is 44.0 Å². The van der Waals surface area contributed by atoms with Gasteiger partial charge in [-0.25, -0.2) is 0 Å². The zero-order valence-corrected chi connectivity index (χ0v) is 11.8. The monoisotopic (exact) mass is 266 g/mol. The fourth-order valence-electron chi connectivity index (χ4n) is 2.01. The average Bonchev–Trinajstić information content (AvgIpc) is 2.70. The van der Waals surface area contributed by atoms with Crippen LogP contribution >= 0.6 is 11.6 Å². The summed E-state index contributed by atoms with van der Waals surface area (Å²) in [6.45, 7) is 4.73. The molecule has 0 aromatic heterocycles. The topological polar surface area (TPSA) is 32.3 Å². The van der Waals surface area contributed by atoms with Crippen LogP contribution < -0.4 is 10.2 Å². The highest BCUT2D eigenvalue weighted by atomic mass is 35.5. The van der Waals surface area contributed by atoms with E-state index in [1.807, 2.05) is 19.9 Å². The number of carbonyl (C=O) groups is 1. The molecule has 1 aliphatic heterocycles. The molecule has 1 N–H and O–H groups in total. The molecular formula is C14H19ClN2O. The third-order valence-corrected chi connectivity index (χ3v) is 4.08. The van der Waals surface area contributed by atoms with Gasteiger partial charge < -0.3 is 10.2 Å². The molecule has 0 bridgehead atoms. The first-order valence-electron chi connectivity index (χ1n) is 6.15. The standard InChI is InChI=1S/C14H19ClN2O/c1-14(2,9-15)13(18)16-11-4-5-12-10(8-11)6-7-17(12)3/h4-5,8H,6-7,9H2,1-3H3,(H,16,18). The Hall–Kier alpha value is -1.22. The normalized spacial score (nSPS) is 14.6. The summed E-state index contributed by atoms with van der Waals surface area (Å²) in [6.07, 6.45) is 1.04. The van der Waals surface area contributed by atoms with Crippen molar-refractivity contribution in [1.29, 1.82) is 0 Å². The third-order valence-electron chi connectivity index (χ3n) is 3.41. The van der Waals surface area contributed by atoms with Crippen LogP contribution in [0, 0.1) is 5.41 Å². The minimum absolute atomic E-state index is 0.0381. The second-order valence-electron chi connectivity index (χ2n) is 5.49. The first-order chi connectivity index (χ1) is 8.44. The van der Waals surface area contributed by atoms with Gasteiger partial charge >= 0.3 is 0 Å². The van der Waals surface area contributed by atoms with E-state index in [9.17, 15) is 4.79 Å². The van der Waals surface area contributed by atoms with Crippen LogP contribution in [0.15, 0.2) is 18.2 Å². The maximum absolute atomic E-state index is 12.0. The van der Waals surface area contributed by atoms with Crippen molar-refractivity contribution in [2.45, 2.75) is 20.3 Å². The number of fused-ring (bicyclic) bond motifs is 1. The lowest BCUT2D eigenvalue weighted by Crippen LogP contribution is -2.32. The molecule has 2 rings (SSSR count). The molecular weight excluding hydrogens is 248 g/mol. The molecule has 0 saturated heterocycles. The van der Waals surface area contributed by atoms with E-state index >= 15 is 0 Å². The Balaban J connectivity index is 2.15. The lowest BCUT2D eigenvalue weighted by molar-refractivity contribution is -0.122. The largest absolute Gasteiger partial charge is 0.374 e. The van der Waals surface area contributed by atoms with E-state index in [1.54, 1.807) is 0 Å². The number of nitrogens with one attached hydrogen (secondary N) is 1. The highest BCUT2D eigenvalue weighted by Crippen LogP contribution is 2.30. The van der Waals surface area contributed by atoms with Crippen LogP contribution in [0.1, 0.15) is 19.4 Å². The molecule has 18 heavy (non-hydrogen) atoms. The molecule has 1 heterocycles. The Morgan fingerprint density at radius 2 is 2.22 bits per heavy atom. The van der Waals surface area contributed by atoms with Gasteiger partial charge in [-0.3, -0.25) is 4.79 Å². The van der Waals surface area contributed by atoms with Gasteiger partial charge in [0.1, 0.15) is 0 Å². The van der Waals surface area contributed by atoms with Gasteiger partial charge in [-0.15, -0.1) is 11.6 Å². The van der Waals surface area contributed by atoms with Crippen LogP contribution in [-0.2, 0) is 11.2 Å². The molecule has 0 atom stereocenters. The van der Waals surface area contributed by atoms with E-state index in [0.29, 0.717) is 5.88 Å². The zero-order valence-electron chi connectivity index (χ0n) is 11.1. The number of amides is 1. The Morgan fingerprint density at radius 1 is 1.50 bits per heavy atom. The molecule has 3 nitrogen and oxygen atoms in total. The quantitative estimate of drug-likeness (QED) is 0.854. The number of nitrogens with zero attached hydrogens (tertiary/aromatic N) is 1. The van der Waals surface area contributed by atoms with Crippen molar-refractivity contribution in [2.24, 2.45) is 5.41 Å². The van der Waals surface area contributed by atoms with Gasteiger partial charge in [0, 0.05) is 30.8 Å². The van der Waals surface area contributed by atoms with Crippen molar-refractivity contribution >= 4 is 28.9 Å². The summed E-state index contributed by atoms with van der Waals surface area (Å²) in [6, 6.07) is 6.07. The summed E-state index contributed by atoms with van der Waals surface area (Å²) < 4.78 is 0. The van der Waals surface area contributed by atoms with Crippen LogP contribution in [0.5, 0.6) is 0 Å². The van der Waals surface area contributed by atoms with Crippen LogP contribution in [0.3, 0.4) is 0 Å². The number of carbonyl (C=O) groups excluding carboxylic acids is 1. The Bertz CT molecular complexity index is 471. The molecule has 0 unspecified atom stereocenters. The number of hydrogen-bond donors (Lipinski definition) is 1. The Kier molecular flexibility index (Phi) is 3.53. The highest BCUT2D eigenvalue weighted by Gasteiger charge is 2.26. The minimum Gasteiger partial charge on any atom is -0.374 e. The summed E-state index contributed by atoms with van der Waals surface area (Å²) in [5.41, 5.74) is 2.85. The van der Waals surface area contributed by atoms with Gasteiger partial charge in [0.15, 0.2) is 0 Å². The molecule has 1 aliphatic rings. The summed E-state index contributed by atoms with van der Waals surface area (Å²) >= 11 is 5.80. The van der Waals surface area contributed by atoms with Gasteiger partial charge in [-0.1, -0.05) is 0 Å². The minimum atomic E-state index is -0.544. The fourth-order valence-corrected chi connectivity index (χ4v) is 2.13. The van der Waals surface area contributed by atoms with Crippen molar-refractivity contribution in [1.82, 2.24) is 0 Å². The summed E-state index contributed by atoms with van der Waals surface area (Å²) in [5, 5.41) is 2.94. The van der Waals surface area contributed by atoms with E-state index in [1.165, 1.54) is 11.3 Å². The molecule has 1 aromatic carbocycles. The zero-order chi connectivity index (χ0) is 13.3. The summed E-state index contributed by atoms with van der Waals surface area (Å²) in [7, 11) is 2.08. The second kappa shape index (κ2) is 4.81. The predicted molar refractivity (Wildman–Crippen MR) is 76.5 cm³/mol. The highest BCUT2D eigenvalue weighted by molar-refractivity contribution is 6.20. The number of likely N-dealkylation sites (N-methyl/N-ethyl adjacent to an activating group) is 1. The average molecular weight is 267 g/mol. The lowest BCUT2D eigenvalue weighted by Gasteiger charge is -2.20. The van der Waals surface area contributed by atoms with E-state index in [0.717, 1.165) is 18.7 Å². The molecule has 1 aromatic rings. The SMILES string of the molecule is CN1CCc2cc(NC(=O)C(C)(C)CCl)ccc21. The molecule has 0 spiro atoms. The third kappa shape index (κ3) is 2.46. The molecule has 0 aliphatic carbocycles. The molecule has 98 valence electrons. The van der Waals surface area contributed by atoms with Crippen LogP contribution in [0.4, 0.5) is 11.4 Å². The maximum Gasteiger partial charge on any atom is 0.231 e. The van der Waals surface area contributed by atoms with Crippen molar-refractivity contribution in [3.8, 4) is 0 Å². The van der Waals surface area contributed by atoms with Crippen molar-refractivity contribution in [3.63, 3.8) is 0 Å². The summed E-state index contributed by atoms with van der Waals surface area (Å²) in [4.78, 5) is 14.2. The van der Waals surface area contributed by atoms with Gasteiger partial charge in [-0.2, -0.15) is 0 Å². The fraction of sp³-hybridized carbons (Fsp3) is 0.500. The van der Waals surface area contributed by atoms with E-state index < -0.39 is 5.41 Å². The molecule has 0 radical (unpaired) electrons. The molecule has 1 amide bonds. The van der Waals surface area contributed by atoms with Gasteiger partial charge in [0.2, 0.25) is 5.91 Å². The number of benzene rings is 1. The van der Waals surface area contributed by atoms with E-state index in [2.05, 4.69) is 29.4 Å². The van der Waals surface area contributed by atoms with Crippen molar-refractivity contribution < 1.29 is 4.79 Å². The number of hydrogen-bond acceptors (Lipinski definition) is 2. The van der Waals surface area contributed by atoms with Crippen LogP contribution in [-0.4, -0.2) is 25.4 Å². The first kappa shape index (κ1) is 13.2. The lowest BCUT2D eigenvalue weighted by atomic mass is 9.95. The number of rotatable bonds is 3. The Labute approximate surface area is 113 Å². The predicted octanol–water partition coefficient (Wildman–Crippen LogP) is 2.88. The van der Waals surface area contributed by atoms with E-state index in [-0.39, 0.29) is 5.91 Å². The van der Waals surface area contributed by atoms with Gasteiger partial charge in [0.05, 0.1) is 5.41 Å². The van der Waals surface area contributed by atoms with E-state index in [4.69, 9.17) is 11.6 Å². The maximum atomic E-state index is 12.0. The van der Waals surface area contributed by atoms with Gasteiger partial charge in [0.25, 0.3) is 0 Å². The number of alkyl halides is 1. The van der Waals surface area contributed by atoms with Crippen molar-refractivity contribution in [2.75, 3.05) is 29.7 Å². The second-order valence-corrected chi connectivity index (χ2v) is 5.75. The number of anilines is 2. The first-order valence-corrected chi connectivity index (χ1v) is 6.69.